The molecule has 0 bridgehead atoms. The number of nitrogen functional groups attached to an aromatic ring is 1. The molecular weight excluding hydrogens is 463 g/mol. The van der Waals surface area contributed by atoms with Crippen LogP contribution in [0.15, 0.2) is 18.6 Å². The quantitative estimate of drug-likeness (QED) is 0.349. The number of ether oxygens (including phenoxy) is 2. The van der Waals surface area contributed by atoms with Crippen LogP contribution in [0.4, 0.5) is 5.69 Å². The lowest BCUT2D eigenvalue weighted by Crippen LogP contribution is -2.42. The summed E-state index contributed by atoms with van der Waals surface area (Å²) in [6.07, 6.45) is 7.06. The minimum atomic E-state index is -3.94. The first-order valence-corrected chi connectivity index (χ1v) is 12.5. The van der Waals surface area contributed by atoms with Gasteiger partial charge in [-0.15, -0.1) is 6.42 Å². The number of nitrogens with zero attached hydrogens (tertiary/aromatic N) is 3. The average Bonchev–Trinajstić information content (AvgIpc) is 3.33. The Morgan fingerprint density at radius 1 is 1.44 bits per heavy atom. The van der Waals surface area contributed by atoms with Gasteiger partial charge in [-0.25, -0.2) is 14.5 Å². The molecule has 2 aromatic rings. The third kappa shape index (κ3) is 4.44. The Hall–Kier alpha value is -2.48. The number of phosphoric acid groups is 1. The maximum absolute atomic E-state index is 13.2. The number of anilines is 1. The van der Waals surface area contributed by atoms with Gasteiger partial charge in [0, 0.05) is 6.20 Å². The Morgan fingerprint density at radius 2 is 2.21 bits per heavy atom. The molecule has 0 unspecified atom stereocenters. The van der Waals surface area contributed by atoms with Crippen molar-refractivity contribution >= 4 is 30.6 Å². The van der Waals surface area contributed by atoms with E-state index < -0.39 is 37.6 Å². The number of carbonyl (C=O) groups is 1. The van der Waals surface area contributed by atoms with Gasteiger partial charge in [0.05, 0.1) is 37.3 Å². The van der Waals surface area contributed by atoms with E-state index in [9.17, 15) is 9.36 Å². The van der Waals surface area contributed by atoms with Gasteiger partial charge in [-0.3, -0.25) is 22.9 Å². The van der Waals surface area contributed by atoms with Gasteiger partial charge in [0.15, 0.2) is 11.9 Å². The molecular formula is C22H29N4O7P. The molecule has 0 saturated carbocycles. The molecule has 0 aliphatic carbocycles. The maximum Gasteiger partial charge on any atom is 0.475 e. The van der Waals surface area contributed by atoms with Crippen LogP contribution in [0.25, 0.3) is 11.2 Å². The maximum atomic E-state index is 13.2. The van der Waals surface area contributed by atoms with Gasteiger partial charge in [0.2, 0.25) is 0 Å². The number of phosphoric ester groups is 1. The molecule has 11 nitrogen and oxygen atoms in total. The van der Waals surface area contributed by atoms with Crippen LogP contribution < -0.4 is 5.73 Å². The zero-order chi connectivity index (χ0) is 24.7. The Bertz CT molecular complexity index is 1160. The van der Waals surface area contributed by atoms with Crippen LogP contribution in [0.5, 0.6) is 0 Å². The predicted octanol–water partition coefficient (Wildman–Crippen LogP) is 3.07. The normalized spacial score (nSPS) is 31.8. The predicted molar refractivity (Wildman–Crippen MR) is 122 cm³/mol. The van der Waals surface area contributed by atoms with E-state index in [0.29, 0.717) is 16.9 Å². The van der Waals surface area contributed by atoms with Gasteiger partial charge in [-0.05, 0) is 33.3 Å². The minimum absolute atomic E-state index is 0.0184. The van der Waals surface area contributed by atoms with Crippen molar-refractivity contribution in [3.8, 4) is 12.3 Å². The lowest BCUT2D eigenvalue weighted by molar-refractivity contribution is -0.152. The lowest BCUT2D eigenvalue weighted by Gasteiger charge is -2.35. The summed E-state index contributed by atoms with van der Waals surface area (Å²) in [5.74, 6) is 1.97. The highest BCUT2D eigenvalue weighted by Gasteiger charge is 2.60. The zero-order valence-corrected chi connectivity index (χ0v) is 20.4. The smallest absolute Gasteiger partial charge is 0.463 e. The molecule has 0 amide bonds. The number of nitrogens with two attached hydrogens (primary N) is 1. The van der Waals surface area contributed by atoms with E-state index in [1.807, 2.05) is 0 Å². The van der Waals surface area contributed by atoms with Crippen molar-refractivity contribution in [2.24, 2.45) is 11.3 Å². The van der Waals surface area contributed by atoms with Gasteiger partial charge in [-0.2, -0.15) is 0 Å². The summed E-state index contributed by atoms with van der Waals surface area (Å²) < 4.78 is 43.0. The number of fused-ring (bicyclic) bond motifs is 2. The summed E-state index contributed by atoms with van der Waals surface area (Å²) in [7, 11) is -3.94. The number of imidazole rings is 1. The van der Waals surface area contributed by atoms with E-state index in [2.05, 4.69) is 15.9 Å². The molecule has 0 aromatic carbocycles. The van der Waals surface area contributed by atoms with Gasteiger partial charge >= 0.3 is 13.8 Å². The van der Waals surface area contributed by atoms with Crippen molar-refractivity contribution < 1.29 is 32.4 Å². The Morgan fingerprint density at radius 3 is 2.91 bits per heavy atom. The molecule has 2 saturated heterocycles. The summed E-state index contributed by atoms with van der Waals surface area (Å²) in [6.45, 7) is 6.98. The number of hydrogen-bond acceptors (Lipinski definition) is 10. The number of rotatable bonds is 7. The minimum Gasteiger partial charge on any atom is -0.463 e. The van der Waals surface area contributed by atoms with Crippen molar-refractivity contribution in [3.05, 3.63) is 18.6 Å². The molecule has 4 heterocycles. The first-order valence-electron chi connectivity index (χ1n) is 11.1. The van der Waals surface area contributed by atoms with E-state index in [1.54, 1.807) is 50.9 Å². The number of pyridine rings is 1. The highest BCUT2D eigenvalue weighted by atomic mass is 31.2. The molecule has 2 aliphatic heterocycles. The molecule has 12 heteroatoms. The van der Waals surface area contributed by atoms with Crippen molar-refractivity contribution in [1.82, 2.24) is 14.5 Å². The third-order valence-electron chi connectivity index (χ3n) is 6.00. The summed E-state index contributed by atoms with van der Waals surface area (Å²) in [6, 6.07) is 1.66. The van der Waals surface area contributed by atoms with Crippen LogP contribution in [0.2, 0.25) is 0 Å². The average molecular weight is 492 g/mol. The SMILES string of the molecule is C#C[C@]1(C)[C@@H]2O[P@@](=O)(OCC[C@H](C)C(=O)OC(C)C)OC[C@H]2O[C@H]1n1cnc2c(N)ccnc21. The van der Waals surface area contributed by atoms with Crippen LogP contribution >= 0.6 is 7.82 Å². The van der Waals surface area contributed by atoms with E-state index in [4.69, 9.17) is 35.2 Å². The summed E-state index contributed by atoms with van der Waals surface area (Å²) >= 11 is 0. The number of hydrogen-bond donors (Lipinski definition) is 1. The fraction of sp³-hybridized carbons (Fsp3) is 0.591. The van der Waals surface area contributed by atoms with Gasteiger partial charge < -0.3 is 15.2 Å². The van der Waals surface area contributed by atoms with Gasteiger partial charge in [0.1, 0.15) is 23.1 Å². The Kier molecular flexibility index (Phi) is 6.73. The standard InChI is InChI=1S/C22H29N4O7P/c1-6-22(5)18-16(32-21(22)26-12-25-17-15(23)7-9-24-19(17)26)11-30-34(28,33-18)29-10-8-14(4)20(27)31-13(2)3/h1,7,9,12-14,16,18,21H,8,10-11H2,2-5H3,(H2,23,24)/t14-,16+,18+,21+,22+,34-/m0/s1. The van der Waals surface area contributed by atoms with Gasteiger partial charge in [0.25, 0.3) is 0 Å². The van der Waals surface area contributed by atoms with Crippen LogP contribution in [0.1, 0.15) is 40.3 Å². The third-order valence-corrected chi connectivity index (χ3v) is 7.44. The molecule has 2 N–H and O–H groups in total. The highest BCUT2D eigenvalue weighted by Crippen LogP contribution is 2.61. The Balaban J connectivity index is 1.48. The van der Waals surface area contributed by atoms with E-state index in [0.717, 1.165) is 0 Å². The molecule has 6 atom stereocenters. The number of esters is 1. The van der Waals surface area contributed by atoms with Crippen molar-refractivity contribution in [2.75, 3.05) is 18.9 Å². The lowest BCUT2D eigenvalue weighted by atomic mass is 9.83. The van der Waals surface area contributed by atoms with Crippen LogP contribution in [-0.4, -0.2) is 52.0 Å². The van der Waals surface area contributed by atoms with Crippen LogP contribution in [0.3, 0.4) is 0 Å². The first kappa shape index (κ1) is 24.6. The van der Waals surface area contributed by atoms with Crippen molar-refractivity contribution in [2.45, 2.75) is 58.7 Å². The molecule has 4 rings (SSSR count). The number of terminal acetylenes is 1. The fourth-order valence-electron chi connectivity index (χ4n) is 4.05. The second-order valence-corrected chi connectivity index (χ2v) is 10.6. The van der Waals surface area contributed by atoms with Gasteiger partial charge in [-0.1, -0.05) is 12.8 Å². The molecule has 184 valence electrons. The van der Waals surface area contributed by atoms with E-state index in [-0.39, 0.29) is 31.7 Å². The summed E-state index contributed by atoms with van der Waals surface area (Å²) in [5, 5.41) is 0. The highest BCUT2D eigenvalue weighted by molar-refractivity contribution is 7.48. The molecule has 34 heavy (non-hydrogen) atoms. The largest absolute Gasteiger partial charge is 0.475 e. The Labute approximate surface area is 197 Å². The summed E-state index contributed by atoms with van der Waals surface area (Å²) in [4.78, 5) is 20.7. The van der Waals surface area contributed by atoms with Crippen molar-refractivity contribution in [3.63, 3.8) is 0 Å². The summed E-state index contributed by atoms with van der Waals surface area (Å²) in [5.41, 5.74) is 6.48. The molecule has 0 radical (unpaired) electrons. The molecule has 2 fully saturated rings. The second-order valence-electron chi connectivity index (χ2n) is 8.96. The monoisotopic (exact) mass is 492 g/mol. The first-order chi connectivity index (χ1) is 16.1. The van der Waals surface area contributed by atoms with E-state index >= 15 is 0 Å². The fourth-order valence-corrected chi connectivity index (χ4v) is 5.54. The molecule has 2 aliphatic rings. The van der Waals surface area contributed by atoms with Crippen LogP contribution in [0, 0.1) is 23.7 Å². The molecule has 0 spiro atoms. The number of carbonyl (C=O) groups excluding carboxylic acids is 1. The second kappa shape index (κ2) is 9.29. The topological polar surface area (TPSA) is 137 Å². The van der Waals surface area contributed by atoms with Crippen molar-refractivity contribution in [1.29, 1.82) is 0 Å². The van der Waals surface area contributed by atoms with Crippen LogP contribution in [-0.2, 0) is 32.4 Å². The zero-order valence-electron chi connectivity index (χ0n) is 19.5. The molecule has 2 aromatic heterocycles. The number of aromatic nitrogens is 3. The van der Waals surface area contributed by atoms with E-state index in [1.165, 1.54) is 0 Å².